The van der Waals surface area contributed by atoms with Gasteiger partial charge in [-0.25, -0.2) is 0 Å². The van der Waals surface area contributed by atoms with E-state index in [4.69, 9.17) is 0 Å². The van der Waals surface area contributed by atoms with Crippen molar-refractivity contribution in [2.45, 2.75) is 20.1 Å². The lowest BCUT2D eigenvalue weighted by Crippen LogP contribution is -2.35. The second-order valence-corrected chi connectivity index (χ2v) is 2.93. The minimum atomic E-state index is -0.754. The van der Waals surface area contributed by atoms with Crippen LogP contribution in [0, 0.1) is 0 Å². The highest BCUT2D eigenvalue weighted by Gasteiger charge is 2.31. The van der Waals surface area contributed by atoms with E-state index in [1.807, 2.05) is 0 Å². The maximum Gasteiger partial charge on any atom is 0.252 e. The van der Waals surface area contributed by atoms with Gasteiger partial charge in [-0.1, -0.05) is 6.08 Å². The van der Waals surface area contributed by atoms with Gasteiger partial charge in [0.2, 0.25) is 0 Å². The van der Waals surface area contributed by atoms with Gasteiger partial charge in [0.25, 0.3) is 5.91 Å². The van der Waals surface area contributed by atoms with Crippen molar-refractivity contribution in [1.82, 2.24) is 4.90 Å². The van der Waals surface area contributed by atoms with Crippen LogP contribution in [-0.2, 0) is 4.79 Å². The van der Waals surface area contributed by atoms with Gasteiger partial charge in [-0.15, -0.1) is 6.58 Å². The van der Waals surface area contributed by atoms with Crippen molar-refractivity contribution in [3.63, 3.8) is 0 Å². The zero-order valence-electron chi connectivity index (χ0n) is 7.37. The molecule has 3 nitrogen and oxygen atoms in total. The maximum atomic E-state index is 11.4. The van der Waals surface area contributed by atoms with Gasteiger partial charge in [0, 0.05) is 12.1 Å². The molecule has 0 saturated heterocycles. The molecule has 0 radical (unpaired) electrons. The van der Waals surface area contributed by atoms with Gasteiger partial charge in [-0.2, -0.15) is 0 Å². The molecule has 1 aliphatic rings. The largest absolute Gasteiger partial charge is 0.369 e. The van der Waals surface area contributed by atoms with Gasteiger partial charge < -0.3 is 10.0 Å². The van der Waals surface area contributed by atoms with Crippen molar-refractivity contribution in [3.8, 4) is 0 Å². The van der Waals surface area contributed by atoms with Crippen LogP contribution < -0.4 is 0 Å². The van der Waals surface area contributed by atoms with Gasteiger partial charge in [0.05, 0.1) is 0 Å². The molecular weight excluding hydrogens is 154 g/mol. The molecule has 1 atom stereocenters. The second kappa shape index (κ2) is 3.11. The molecule has 0 bridgehead atoms. The molecule has 0 saturated carbocycles. The van der Waals surface area contributed by atoms with E-state index >= 15 is 0 Å². The van der Waals surface area contributed by atoms with Crippen LogP contribution in [0.1, 0.15) is 13.8 Å². The minimum Gasteiger partial charge on any atom is -0.369 e. The van der Waals surface area contributed by atoms with E-state index < -0.39 is 6.23 Å². The van der Waals surface area contributed by atoms with Crippen molar-refractivity contribution in [3.05, 3.63) is 23.8 Å². The van der Waals surface area contributed by atoms with E-state index in [1.54, 1.807) is 19.9 Å². The lowest BCUT2D eigenvalue weighted by atomic mass is 10.2. The fraction of sp³-hybridized carbons (Fsp3) is 0.444. The first-order chi connectivity index (χ1) is 5.59. The average Bonchev–Trinajstić information content (AvgIpc) is 2.23. The molecule has 0 aromatic rings. The summed E-state index contributed by atoms with van der Waals surface area (Å²) in [5.74, 6) is -0.0973. The number of aliphatic hydroxyl groups is 1. The number of hydrogen-bond donors (Lipinski definition) is 1. The number of rotatable bonds is 2. The highest BCUT2D eigenvalue weighted by molar-refractivity contribution is 5.96. The van der Waals surface area contributed by atoms with E-state index in [1.165, 1.54) is 4.90 Å². The maximum absolute atomic E-state index is 11.4. The Morgan fingerprint density at radius 1 is 1.67 bits per heavy atom. The molecule has 1 heterocycles. The van der Waals surface area contributed by atoms with Crippen LogP contribution in [0.2, 0.25) is 0 Å². The summed E-state index contributed by atoms with van der Waals surface area (Å²) in [4.78, 5) is 12.8. The van der Waals surface area contributed by atoms with Gasteiger partial charge in [0.15, 0.2) is 6.23 Å². The van der Waals surface area contributed by atoms with E-state index in [-0.39, 0.29) is 5.91 Å². The van der Waals surface area contributed by atoms with E-state index in [0.29, 0.717) is 12.1 Å². The molecule has 0 aromatic heterocycles. The van der Waals surface area contributed by atoms with Crippen molar-refractivity contribution in [2.75, 3.05) is 6.54 Å². The monoisotopic (exact) mass is 167 g/mol. The summed E-state index contributed by atoms with van der Waals surface area (Å²) in [5.41, 5.74) is 1.38. The summed E-state index contributed by atoms with van der Waals surface area (Å²) in [7, 11) is 0. The van der Waals surface area contributed by atoms with Crippen molar-refractivity contribution >= 4 is 5.91 Å². The van der Waals surface area contributed by atoms with Crippen LogP contribution >= 0.6 is 0 Å². The molecule has 1 amide bonds. The zero-order valence-corrected chi connectivity index (χ0v) is 7.37. The fourth-order valence-corrected chi connectivity index (χ4v) is 1.24. The Kier molecular flexibility index (Phi) is 2.33. The lowest BCUT2D eigenvalue weighted by molar-refractivity contribution is -0.130. The van der Waals surface area contributed by atoms with Crippen molar-refractivity contribution in [2.24, 2.45) is 0 Å². The molecule has 66 valence electrons. The SMILES string of the molecule is C=CCN1C(=O)C(C)=C(C)[C@@H]1O. The van der Waals surface area contributed by atoms with Crippen LogP contribution in [0.25, 0.3) is 0 Å². The summed E-state index contributed by atoms with van der Waals surface area (Å²) >= 11 is 0. The number of carbonyl (C=O) groups is 1. The Labute approximate surface area is 72.0 Å². The normalized spacial score (nSPS) is 23.8. The Morgan fingerprint density at radius 3 is 2.58 bits per heavy atom. The topological polar surface area (TPSA) is 40.5 Å². The molecular formula is C9H13NO2. The third-order valence-electron chi connectivity index (χ3n) is 2.18. The number of hydrogen-bond acceptors (Lipinski definition) is 2. The standard InChI is InChI=1S/C9H13NO2/c1-4-5-10-8(11)6(2)7(3)9(10)12/h4,8,11H,1,5H2,2-3H3/t8-/m0/s1. The summed E-state index contributed by atoms with van der Waals surface area (Å²) in [6.07, 6.45) is 0.850. The molecule has 1 rings (SSSR count). The Bertz CT molecular complexity index is 255. The van der Waals surface area contributed by atoms with Crippen molar-refractivity contribution in [1.29, 1.82) is 0 Å². The van der Waals surface area contributed by atoms with Gasteiger partial charge in [0.1, 0.15) is 0 Å². The first-order valence-corrected chi connectivity index (χ1v) is 3.87. The first kappa shape index (κ1) is 9.00. The predicted octanol–water partition coefficient (Wildman–Crippen LogP) is 0.669. The highest BCUT2D eigenvalue weighted by atomic mass is 16.3. The second-order valence-electron chi connectivity index (χ2n) is 2.93. The number of nitrogens with zero attached hydrogens (tertiary/aromatic N) is 1. The molecule has 12 heavy (non-hydrogen) atoms. The van der Waals surface area contributed by atoms with Crippen LogP contribution in [-0.4, -0.2) is 28.7 Å². The number of carbonyl (C=O) groups excluding carboxylic acids is 1. The first-order valence-electron chi connectivity index (χ1n) is 3.87. The minimum absolute atomic E-state index is 0.0973. The van der Waals surface area contributed by atoms with Crippen molar-refractivity contribution < 1.29 is 9.90 Å². The average molecular weight is 167 g/mol. The summed E-state index contributed by atoms with van der Waals surface area (Å²) < 4.78 is 0. The number of aliphatic hydroxyl groups excluding tert-OH is 1. The van der Waals surface area contributed by atoms with Crippen LogP contribution in [0.15, 0.2) is 23.8 Å². The highest BCUT2D eigenvalue weighted by Crippen LogP contribution is 2.22. The van der Waals surface area contributed by atoms with Crippen LogP contribution in [0.5, 0.6) is 0 Å². The lowest BCUT2D eigenvalue weighted by Gasteiger charge is -2.19. The summed E-state index contributed by atoms with van der Waals surface area (Å²) in [5, 5.41) is 9.53. The van der Waals surface area contributed by atoms with E-state index in [0.717, 1.165) is 5.57 Å². The molecule has 0 fully saturated rings. The Hall–Kier alpha value is -1.09. The quantitative estimate of drug-likeness (QED) is 0.614. The predicted molar refractivity (Wildman–Crippen MR) is 46.3 cm³/mol. The van der Waals surface area contributed by atoms with Crippen LogP contribution in [0.4, 0.5) is 0 Å². The molecule has 0 unspecified atom stereocenters. The molecule has 0 aliphatic carbocycles. The molecule has 0 spiro atoms. The molecule has 1 N–H and O–H groups in total. The van der Waals surface area contributed by atoms with E-state index in [9.17, 15) is 9.90 Å². The summed E-state index contributed by atoms with van der Waals surface area (Å²) in [6.45, 7) is 7.41. The van der Waals surface area contributed by atoms with Gasteiger partial charge in [-0.05, 0) is 19.4 Å². The van der Waals surface area contributed by atoms with Gasteiger partial charge in [-0.3, -0.25) is 4.79 Å². The Morgan fingerprint density at radius 2 is 2.25 bits per heavy atom. The fourth-order valence-electron chi connectivity index (χ4n) is 1.24. The van der Waals surface area contributed by atoms with Gasteiger partial charge >= 0.3 is 0 Å². The third-order valence-corrected chi connectivity index (χ3v) is 2.18. The molecule has 1 aliphatic heterocycles. The third kappa shape index (κ3) is 1.16. The van der Waals surface area contributed by atoms with Crippen LogP contribution in [0.3, 0.4) is 0 Å². The molecule has 0 aromatic carbocycles. The Balaban J connectivity index is 2.87. The van der Waals surface area contributed by atoms with E-state index in [2.05, 4.69) is 6.58 Å². The summed E-state index contributed by atoms with van der Waals surface area (Å²) in [6, 6.07) is 0. The molecule has 3 heteroatoms. The smallest absolute Gasteiger partial charge is 0.252 e. The zero-order chi connectivity index (χ0) is 9.30. The number of amides is 1.